The fraction of sp³-hybridized carbons (Fsp3) is 0. The van der Waals surface area contributed by atoms with Gasteiger partial charge in [0.15, 0.2) is 0 Å². The Hall–Kier alpha value is -1.38. The summed E-state index contributed by atoms with van der Waals surface area (Å²) in [7, 11) is 0. The standard InChI is InChI=1S/C8H6FN2/c1-6-4-11-5-7(9)2-3-8(11)10-6/h2-5H,1H2. The summed E-state index contributed by atoms with van der Waals surface area (Å²) in [4.78, 5) is 4.04. The zero-order valence-electron chi connectivity index (χ0n) is 5.79. The average Bonchev–Trinajstić information content (AvgIpc) is 2.27. The molecule has 0 N–H and O–H groups in total. The quantitative estimate of drug-likeness (QED) is 0.556. The Labute approximate surface area is 63.3 Å². The molecular formula is C8H6FN2. The number of pyridine rings is 1. The van der Waals surface area contributed by atoms with Gasteiger partial charge >= 0.3 is 0 Å². The monoisotopic (exact) mass is 149 g/mol. The first kappa shape index (κ1) is 6.34. The van der Waals surface area contributed by atoms with E-state index in [9.17, 15) is 4.39 Å². The average molecular weight is 149 g/mol. The maximum absolute atomic E-state index is 12.6. The van der Waals surface area contributed by atoms with Crippen molar-refractivity contribution >= 4 is 5.65 Å². The van der Waals surface area contributed by atoms with Crippen LogP contribution in [0.15, 0.2) is 24.5 Å². The Balaban J connectivity index is 2.82. The van der Waals surface area contributed by atoms with Crippen molar-refractivity contribution in [2.24, 2.45) is 0 Å². The first-order chi connectivity index (χ1) is 5.25. The third-order valence-corrected chi connectivity index (χ3v) is 1.46. The van der Waals surface area contributed by atoms with Gasteiger partial charge < -0.3 is 4.40 Å². The molecule has 0 aliphatic carbocycles. The number of hydrogen-bond donors (Lipinski definition) is 0. The minimum absolute atomic E-state index is 0.269. The van der Waals surface area contributed by atoms with Crippen LogP contribution in [0.3, 0.4) is 0 Å². The van der Waals surface area contributed by atoms with Gasteiger partial charge in [-0.05, 0) is 19.1 Å². The number of nitrogens with zero attached hydrogens (tertiary/aromatic N) is 2. The maximum Gasteiger partial charge on any atom is 0.139 e. The first-order valence-corrected chi connectivity index (χ1v) is 3.22. The largest absolute Gasteiger partial charge is 0.304 e. The molecule has 0 atom stereocenters. The van der Waals surface area contributed by atoms with Crippen LogP contribution in [0.25, 0.3) is 5.65 Å². The first-order valence-electron chi connectivity index (χ1n) is 3.22. The maximum atomic E-state index is 12.6. The molecule has 0 amide bonds. The van der Waals surface area contributed by atoms with E-state index in [1.165, 1.54) is 12.3 Å². The van der Waals surface area contributed by atoms with E-state index in [4.69, 9.17) is 0 Å². The van der Waals surface area contributed by atoms with Gasteiger partial charge in [0.2, 0.25) is 0 Å². The highest BCUT2D eigenvalue weighted by molar-refractivity contribution is 5.40. The zero-order valence-corrected chi connectivity index (χ0v) is 5.79. The van der Waals surface area contributed by atoms with Crippen LogP contribution in [0.4, 0.5) is 4.39 Å². The van der Waals surface area contributed by atoms with Gasteiger partial charge in [0, 0.05) is 12.4 Å². The summed E-state index contributed by atoms with van der Waals surface area (Å²) in [6.07, 6.45) is 3.05. The molecule has 0 spiro atoms. The van der Waals surface area contributed by atoms with E-state index >= 15 is 0 Å². The number of fused-ring (bicyclic) bond motifs is 1. The fourth-order valence-electron chi connectivity index (χ4n) is 1.02. The normalized spacial score (nSPS) is 10.7. The number of halogens is 1. The number of rotatable bonds is 0. The van der Waals surface area contributed by atoms with Gasteiger partial charge in [0.25, 0.3) is 0 Å². The van der Waals surface area contributed by atoms with Crippen LogP contribution >= 0.6 is 0 Å². The Morgan fingerprint density at radius 2 is 2.18 bits per heavy atom. The van der Waals surface area contributed by atoms with Crippen LogP contribution in [-0.4, -0.2) is 9.38 Å². The van der Waals surface area contributed by atoms with E-state index in [1.807, 2.05) is 0 Å². The third kappa shape index (κ3) is 0.981. The van der Waals surface area contributed by atoms with Crippen LogP contribution in [-0.2, 0) is 0 Å². The highest BCUT2D eigenvalue weighted by Gasteiger charge is 1.96. The van der Waals surface area contributed by atoms with Crippen molar-refractivity contribution in [3.05, 3.63) is 43.0 Å². The van der Waals surface area contributed by atoms with Crippen molar-refractivity contribution in [2.75, 3.05) is 0 Å². The lowest BCUT2D eigenvalue weighted by atomic mass is 10.5. The second-order valence-corrected chi connectivity index (χ2v) is 2.35. The van der Waals surface area contributed by atoms with Gasteiger partial charge in [-0.25, -0.2) is 9.37 Å². The highest BCUT2D eigenvalue weighted by Crippen LogP contribution is 2.05. The van der Waals surface area contributed by atoms with Crippen molar-refractivity contribution in [2.45, 2.75) is 0 Å². The molecule has 2 rings (SSSR count). The highest BCUT2D eigenvalue weighted by atomic mass is 19.1. The topological polar surface area (TPSA) is 17.3 Å². The molecule has 2 aromatic heterocycles. The zero-order chi connectivity index (χ0) is 7.84. The molecule has 0 aromatic carbocycles. The second kappa shape index (κ2) is 2.05. The molecule has 2 nitrogen and oxygen atoms in total. The van der Waals surface area contributed by atoms with E-state index in [0.29, 0.717) is 5.69 Å². The lowest BCUT2D eigenvalue weighted by Crippen LogP contribution is -1.83. The molecule has 0 aliphatic heterocycles. The molecule has 0 bridgehead atoms. The molecule has 0 fully saturated rings. The van der Waals surface area contributed by atoms with E-state index in [1.54, 1.807) is 16.7 Å². The molecule has 1 radical (unpaired) electrons. The third-order valence-electron chi connectivity index (χ3n) is 1.46. The van der Waals surface area contributed by atoms with Gasteiger partial charge in [0.05, 0.1) is 5.69 Å². The molecule has 3 heteroatoms. The van der Waals surface area contributed by atoms with Crippen LogP contribution in [0.1, 0.15) is 5.69 Å². The molecular weight excluding hydrogens is 143 g/mol. The van der Waals surface area contributed by atoms with Gasteiger partial charge in [-0.1, -0.05) is 0 Å². The van der Waals surface area contributed by atoms with Gasteiger partial charge in [-0.15, -0.1) is 0 Å². The van der Waals surface area contributed by atoms with Gasteiger partial charge in [0.1, 0.15) is 11.5 Å². The lowest BCUT2D eigenvalue weighted by molar-refractivity contribution is 0.619. The van der Waals surface area contributed by atoms with Gasteiger partial charge in [-0.3, -0.25) is 0 Å². The molecule has 0 saturated heterocycles. The Morgan fingerprint density at radius 1 is 1.36 bits per heavy atom. The van der Waals surface area contributed by atoms with Crippen molar-refractivity contribution in [1.82, 2.24) is 9.38 Å². The lowest BCUT2D eigenvalue weighted by Gasteiger charge is -1.90. The van der Waals surface area contributed by atoms with Crippen molar-refractivity contribution in [3.8, 4) is 0 Å². The molecule has 55 valence electrons. The van der Waals surface area contributed by atoms with Crippen molar-refractivity contribution < 1.29 is 4.39 Å². The minimum Gasteiger partial charge on any atom is -0.304 e. The van der Waals surface area contributed by atoms with Crippen molar-refractivity contribution in [1.29, 1.82) is 0 Å². The molecule has 0 aliphatic rings. The molecule has 0 unspecified atom stereocenters. The number of aromatic nitrogens is 2. The Kier molecular flexibility index (Phi) is 1.18. The van der Waals surface area contributed by atoms with E-state index < -0.39 is 0 Å². The number of hydrogen-bond acceptors (Lipinski definition) is 1. The van der Waals surface area contributed by atoms with Crippen LogP contribution < -0.4 is 0 Å². The molecule has 11 heavy (non-hydrogen) atoms. The SMILES string of the molecule is [CH2]c1cn2cc(F)ccc2n1. The Morgan fingerprint density at radius 3 is 3.00 bits per heavy atom. The summed E-state index contributed by atoms with van der Waals surface area (Å²) < 4.78 is 14.2. The second-order valence-electron chi connectivity index (χ2n) is 2.35. The Bertz CT molecular complexity index is 392. The van der Waals surface area contributed by atoms with Gasteiger partial charge in [-0.2, -0.15) is 0 Å². The van der Waals surface area contributed by atoms with Crippen LogP contribution in [0.2, 0.25) is 0 Å². The van der Waals surface area contributed by atoms with Crippen LogP contribution in [0, 0.1) is 12.7 Å². The van der Waals surface area contributed by atoms with E-state index in [2.05, 4.69) is 11.9 Å². The summed E-state index contributed by atoms with van der Waals surface area (Å²) in [6, 6.07) is 2.99. The smallest absolute Gasteiger partial charge is 0.139 e. The van der Waals surface area contributed by atoms with E-state index in [0.717, 1.165) is 5.65 Å². The summed E-state index contributed by atoms with van der Waals surface area (Å²) in [6.45, 7) is 3.63. The molecule has 2 aromatic rings. The summed E-state index contributed by atoms with van der Waals surface area (Å²) in [5.74, 6) is -0.269. The predicted octanol–water partition coefficient (Wildman–Crippen LogP) is 1.66. The van der Waals surface area contributed by atoms with Crippen LogP contribution in [0.5, 0.6) is 0 Å². The predicted molar refractivity (Wildman–Crippen MR) is 39.6 cm³/mol. The molecule has 0 saturated carbocycles. The number of imidazole rings is 1. The summed E-state index contributed by atoms with van der Waals surface area (Å²) in [5, 5.41) is 0. The van der Waals surface area contributed by atoms with E-state index in [-0.39, 0.29) is 5.82 Å². The fourth-order valence-corrected chi connectivity index (χ4v) is 1.02. The minimum atomic E-state index is -0.269. The molecule has 2 heterocycles. The van der Waals surface area contributed by atoms with Crippen molar-refractivity contribution in [3.63, 3.8) is 0 Å². The summed E-state index contributed by atoms with van der Waals surface area (Å²) >= 11 is 0. The summed E-state index contributed by atoms with van der Waals surface area (Å²) in [5.41, 5.74) is 1.37.